The number of aromatic nitrogens is 3. The van der Waals surface area contributed by atoms with Gasteiger partial charge in [-0.25, -0.2) is 4.98 Å². The zero-order valence-corrected chi connectivity index (χ0v) is 14.6. The van der Waals surface area contributed by atoms with Crippen molar-refractivity contribution in [2.75, 3.05) is 11.9 Å². The highest BCUT2D eigenvalue weighted by Gasteiger charge is 2.29. The first kappa shape index (κ1) is 17.1. The lowest BCUT2D eigenvalue weighted by Crippen LogP contribution is -2.40. The number of aryl methyl sites for hydroxylation is 1. The molecule has 132 valence electrons. The van der Waals surface area contributed by atoms with Gasteiger partial charge >= 0.3 is 11.8 Å². The molecule has 1 aromatic heterocycles. The Hall–Kier alpha value is -2.70. The first-order valence-corrected chi connectivity index (χ1v) is 8.54. The van der Waals surface area contributed by atoms with Crippen LogP contribution in [0.3, 0.4) is 0 Å². The van der Waals surface area contributed by atoms with E-state index in [1.54, 1.807) is 18.2 Å². The molecule has 25 heavy (non-hydrogen) atoms. The molecule has 1 saturated carbocycles. The maximum absolute atomic E-state index is 12.1. The molecule has 2 aromatic rings. The van der Waals surface area contributed by atoms with Crippen LogP contribution in [0.15, 0.2) is 24.3 Å². The first-order chi connectivity index (χ1) is 12.0. The minimum atomic E-state index is -0.662. The smallest absolute Gasteiger partial charge is 0.313 e. The third-order valence-corrected chi connectivity index (χ3v) is 4.67. The molecule has 0 bridgehead atoms. The zero-order chi connectivity index (χ0) is 17.9. The Morgan fingerprint density at radius 3 is 2.68 bits per heavy atom. The van der Waals surface area contributed by atoms with Gasteiger partial charge in [-0.2, -0.15) is 5.10 Å². The summed E-state index contributed by atoms with van der Waals surface area (Å²) >= 11 is 0. The number of amides is 2. The molecular weight excluding hydrogens is 318 g/mol. The number of hydrogen-bond acceptors (Lipinski definition) is 4. The Bertz CT molecular complexity index is 777. The van der Waals surface area contributed by atoms with Crippen LogP contribution < -0.4 is 10.6 Å². The normalized spacial score (nSPS) is 15.8. The fraction of sp³-hybridized carbons (Fsp3) is 0.444. The Labute approximate surface area is 146 Å². The highest BCUT2D eigenvalue weighted by atomic mass is 16.2. The number of hydrogen-bond donors (Lipinski definition) is 3. The lowest BCUT2D eigenvalue weighted by molar-refractivity contribution is -0.136. The number of aromatic amines is 1. The summed E-state index contributed by atoms with van der Waals surface area (Å²) in [7, 11) is 0. The number of rotatable bonds is 4. The monoisotopic (exact) mass is 341 g/mol. The SMILES string of the molecule is Cc1nc(-c2cccc(NC(=O)C(=O)NCC3(C)CCCC3)c2)n[nH]1. The Morgan fingerprint density at radius 1 is 1.24 bits per heavy atom. The van der Waals surface area contributed by atoms with Crippen molar-refractivity contribution in [2.45, 2.75) is 39.5 Å². The molecule has 1 fully saturated rings. The molecule has 0 saturated heterocycles. The van der Waals surface area contributed by atoms with Gasteiger partial charge in [0.25, 0.3) is 0 Å². The maximum Gasteiger partial charge on any atom is 0.313 e. The van der Waals surface area contributed by atoms with E-state index >= 15 is 0 Å². The lowest BCUT2D eigenvalue weighted by Gasteiger charge is -2.23. The van der Waals surface area contributed by atoms with Crippen molar-refractivity contribution in [1.29, 1.82) is 0 Å². The van der Waals surface area contributed by atoms with E-state index in [0.717, 1.165) is 18.4 Å². The van der Waals surface area contributed by atoms with Gasteiger partial charge in [0.15, 0.2) is 5.82 Å². The van der Waals surface area contributed by atoms with Gasteiger partial charge in [0.2, 0.25) is 0 Å². The van der Waals surface area contributed by atoms with Crippen LogP contribution in [0.25, 0.3) is 11.4 Å². The topological polar surface area (TPSA) is 99.8 Å². The van der Waals surface area contributed by atoms with Gasteiger partial charge in [-0.15, -0.1) is 0 Å². The average molecular weight is 341 g/mol. The number of carbonyl (C=O) groups excluding carboxylic acids is 2. The predicted octanol–water partition coefficient (Wildman–Crippen LogP) is 2.42. The fourth-order valence-electron chi connectivity index (χ4n) is 3.17. The number of benzene rings is 1. The largest absolute Gasteiger partial charge is 0.347 e. The Balaban J connectivity index is 1.59. The molecule has 1 heterocycles. The fourth-order valence-corrected chi connectivity index (χ4v) is 3.17. The van der Waals surface area contributed by atoms with E-state index in [4.69, 9.17) is 0 Å². The standard InChI is InChI=1S/C18H23N5O2/c1-12-20-15(23-22-12)13-6-5-7-14(10-13)21-17(25)16(24)19-11-18(2)8-3-4-9-18/h5-7,10H,3-4,8-9,11H2,1-2H3,(H,19,24)(H,21,25)(H,20,22,23). The van der Waals surface area contributed by atoms with Crippen molar-refractivity contribution in [3.8, 4) is 11.4 Å². The minimum Gasteiger partial charge on any atom is -0.347 e. The first-order valence-electron chi connectivity index (χ1n) is 8.54. The van der Waals surface area contributed by atoms with E-state index in [0.29, 0.717) is 23.9 Å². The van der Waals surface area contributed by atoms with Crippen LogP contribution in [0, 0.1) is 12.3 Å². The van der Waals surface area contributed by atoms with Crippen molar-refractivity contribution in [3.63, 3.8) is 0 Å². The van der Waals surface area contributed by atoms with E-state index in [1.165, 1.54) is 12.8 Å². The van der Waals surface area contributed by atoms with Crippen LogP contribution in [-0.4, -0.2) is 33.5 Å². The predicted molar refractivity (Wildman–Crippen MR) is 94.8 cm³/mol. The zero-order valence-electron chi connectivity index (χ0n) is 14.6. The summed E-state index contributed by atoms with van der Waals surface area (Å²) in [4.78, 5) is 28.4. The van der Waals surface area contributed by atoms with Crippen LogP contribution in [0.1, 0.15) is 38.4 Å². The summed E-state index contributed by atoms with van der Waals surface area (Å²) in [5.74, 6) is -0.00591. The molecule has 0 aliphatic heterocycles. The number of H-pyrrole nitrogens is 1. The number of carbonyl (C=O) groups is 2. The van der Waals surface area contributed by atoms with Crippen molar-refractivity contribution >= 4 is 17.5 Å². The van der Waals surface area contributed by atoms with Gasteiger partial charge in [-0.05, 0) is 37.3 Å². The minimum absolute atomic E-state index is 0.110. The number of anilines is 1. The van der Waals surface area contributed by atoms with Gasteiger partial charge in [0.1, 0.15) is 5.82 Å². The molecular formula is C18H23N5O2. The van der Waals surface area contributed by atoms with E-state index in [9.17, 15) is 9.59 Å². The highest BCUT2D eigenvalue weighted by Crippen LogP contribution is 2.36. The lowest BCUT2D eigenvalue weighted by atomic mass is 9.89. The van der Waals surface area contributed by atoms with Gasteiger partial charge in [0, 0.05) is 17.8 Å². The molecule has 7 heteroatoms. The molecule has 0 atom stereocenters. The summed E-state index contributed by atoms with van der Waals surface area (Å²) < 4.78 is 0. The van der Waals surface area contributed by atoms with Gasteiger partial charge in [0.05, 0.1) is 0 Å². The van der Waals surface area contributed by atoms with E-state index < -0.39 is 11.8 Å². The second kappa shape index (κ2) is 7.04. The van der Waals surface area contributed by atoms with Crippen LogP contribution in [-0.2, 0) is 9.59 Å². The van der Waals surface area contributed by atoms with Gasteiger partial charge < -0.3 is 10.6 Å². The molecule has 1 aliphatic rings. The van der Waals surface area contributed by atoms with Crippen molar-refractivity contribution in [2.24, 2.45) is 5.41 Å². The van der Waals surface area contributed by atoms with Crippen LogP contribution >= 0.6 is 0 Å². The highest BCUT2D eigenvalue weighted by molar-refractivity contribution is 6.39. The third kappa shape index (κ3) is 4.23. The summed E-state index contributed by atoms with van der Waals surface area (Å²) in [5, 5.41) is 12.3. The molecule has 0 spiro atoms. The van der Waals surface area contributed by atoms with Crippen molar-refractivity contribution in [1.82, 2.24) is 20.5 Å². The van der Waals surface area contributed by atoms with Crippen LogP contribution in [0.4, 0.5) is 5.69 Å². The van der Waals surface area contributed by atoms with Gasteiger partial charge in [-0.1, -0.05) is 31.9 Å². The quantitative estimate of drug-likeness (QED) is 0.744. The van der Waals surface area contributed by atoms with Crippen LogP contribution in [0.5, 0.6) is 0 Å². The summed E-state index contributed by atoms with van der Waals surface area (Å²) in [5.41, 5.74) is 1.41. The average Bonchev–Trinajstić information content (AvgIpc) is 3.22. The Kier molecular flexibility index (Phi) is 4.83. The second-order valence-corrected chi connectivity index (χ2v) is 6.98. The Morgan fingerprint density at radius 2 is 2.00 bits per heavy atom. The third-order valence-electron chi connectivity index (χ3n) is 4.67. The van der Waals surface area contributed by atoms with E-state index in [2.05, 4.69) is 32.7 Å². The summed E-state index contributed by atoms with van der Waals surface area (Å²) in [6.45, 7) is 4.51. The maximum atomic E-state index is 12.1. The molecule has 7 nitrogen and oxygen atoms in total. The summed E-state index contributed by atoms with van der Waals surface area (Å²) in [6, 6.07) is 7.10. The molecule has 0 unspecified atom stereocenters. The van der Waals surface area contributed by atoms with Crippen molar-refractivity contribution in [3.05, 3.63) is 30.1 Å². The van der Waals surface area contributed by atoms with Crippen molar-refractivity contribution < 1.29 is 9.59 Å². The number of nitrogens with one attached hydrogen (secondary N) is 3. The second-order valence-electron chi connectivity index (χ2n) is 6.98. The van der Waals surface area contributed by atoms with E-state index in [-0.39, 0.29) is 5.41 Å². The van der Waals surface area contributed by atoms with E-state index in [1.807, 2.05) is 13.0 Å². The van der Waals surface area contributed by atoms with Crippen LogP contribution in [0.2, 0.25) is 0 Å². The molecule has 2 amide bonds. The molecule has 3 N–H and O–H groups in total. The summed E-state index contributed by atoms with van der Waals surface area (Å²) in [6.07, 6.45) is 4.55. The number of nitrogens with zero attached hydrogens (tertiary/aromatic N) is 2. The van der Waals surface area contributed by atoms with Gasteiger partial charge in [-0.3, -0.25) is 14.7 Å². The molecule has 0 radical (unpaired) electrons. The molecule has 3 rings (SSSR count). The molecule has 1 aromatic carbocycles. The molecule has 1 aliphatic carbocycles.